The first kappa shape index (κ1) is 15.5. The number of imidazole rings is 1. The number of aryl methyl sites for hydroxylation is 1. The Labute approximate surface area is 145 Å². The van der Waals surface area contributed by atoms with Gasteiger partial charge in [-0.15, -0.1) is 10.2 Å². The van der Waals surface area contributed by atoms with Crippen LogP contribution >= 0.6 is 0 Å². The Bertz CT molecular complexity index is 1000. The fraction of sp³-hybridized carbons (Fsp3) is 0.211. The minimum atomic E-state index is 0.496. The summed E-state index contributed by atoms with van der Waals surface area (Å²) in [5.41, 5.74) is 4.15. The monoisotopic (exact) mass is 333 g/mol. The molecular weight excluding hydrogens is 314 g/mol. The van der Waals surface area contributed by atoms with Crippen molar-refractivity contribution in [3.05, 3.63) is 65.8 Å². The predicted molar refractivity (Wildman–Crippen MR) is 96.1 cm³/mol. The molecule has 0 atom stereocenters. The molecule has 6 nitrogen and oxygen atoms in total. The molecule has 0 saturated heterocycles. The van der Waals surface area contributed by atoms with Gasteiger partial charge in [0.1, 0.15) is 12.4 Å². The number of fused-ring (bicyclic) bond motifs is 1. The van der Waals surface area contributed by atoms with Crippen LogP contribution in [0, 0.1) is 6.92 Å². The molecule has 6 heteroatoms. The fourth-order valence-corrected chi connectivity index (χ4v) is 2.86. The van der Waals surface area contributed by atoms with Gasteiger partial charge in [0.25, 0.3) is 0 Å². The quantitative estimate of drug-likeness (QED) is 0.607. The van der Waals surface area contributed by atoms with Crippen LogP contribution in [0.2, 0.25) is 0 Å². The lowest BCUT2D eigenvalue weighted by Crippen LogP contribution is -2.13. The zero-order valence-corrected chi connectivity index (χ0v) is 14.2. The Hall–Kier alpha value is -2.99. The van der Waals surface area contributed by atoms with E-state index in [2.05, 4.69) is 38.1 Å². The first-order valence-corrected chi connectivity index (χ1v) is 8.23. The van der Waals surface area contributed by atoms with Crippen molar-refractivity contribution in [2.45, 2.75) is 20.0 Å². The molecule has 4 aromatic rings. The van der Waals surface area contributed by atoms with Crippen molar-refractivity contribution in [1.29, 1.82) is 0 Å². The Kier molecular flexibility index (Phi) is 4.03. The molecule has 126 valence electrons. The molecule has 2 aromatic carbocycles. The number of nitrogens with zero attached hydrogens (tertiary/aromatic N) is 4. The van der Waals surface area contributed by atoms with E-state index < -0.39 is 0 Å². The summed E-state index contributed by atoms with van der Waals surface area (Å²) in [6.45, 7) is 3.22. The lowest BCUT2D eigenvalue weighted by molar-refractivity contribution is 0.485. The third kappa shape index (κ3) is 3.04. The van der Waals surface area contributed by atoms with Crippen molar-refractivity contribution in [2.24, 2.45) is 0 Å². The molecule has 0 aliphatic rings. The van der Waals surface area contributed by atoms with Crippen molar-refractivity contribution >= 4 is 11.0 Å². The first-order chi connectivity index (χ1) is 12.2. The second-order valence-corrected chi connectivity index (χ2v) is 6.00. The van der Waals surface area contributed by atoms with Gasteiger partial charge in [-0.1, -0.05) is 29.8 Å². The topological polar surface area (TPSA) is 68.8 Å². The highest BCUT2D eigenvalue weighted by Crippen LogP contribution is 2.21. The lowest BCUT2D eigenvalue weighted by Gasteiger charge is -2.06. The Morgan fingerprint density at radius 2 is 1.84 bits per heavy atom. The van der Waals surface area contributed by atoms with Crippen LogP contribution < -0.4 is 5.32 Å². The molecule has 0 aliphatic carbocycles. The number of hydrogen-bond acceptors (Lipinski definition) is 5. The van der Waals surface area contributed by atoms with Gasteiger partial charge in [-0.25, -0.2) is 4.98 Å². The normalized spacial score (nSPS) is 11.3. The van der Waals surface area contributed by atoms with E-state index in [-0.39, 0.29) is 0 Å². The smallest absolute Gasteiger partial charge is 0.247 e. The van der Waals surface area contributed by atoms with Gasteiger partial charge >= 0.3 is 0 Å². The second-order valence-electron chi connectivity index (χ2n) is 6.00. The maximum absolute atomic E-state index is 5.87. The zero-order chi connectivity index (χ0) is 17.2. The highest BCUT2D eigenvalue weighted by atomic mass is 16.4. The zero-order valence-electron chi connectivity index (χ0n) is 14.2. The molecule has 1 N–H and O–H groups in total. The number of para-hydroxylation sites is 2. The van der Waals surface area contributed by atoms with Gasteiger partial charge in [0, 0.05) is 5.56 Å². The van der Waals surface area contributed by atoms with E-state index in [0.717, 1.165) is 22.4 Å². The summed E-state index contributed by atoms with van der Waals surface area (Å²) in [7, 11) is 1.91. The van der Waals surface area contributed by atoms with E-state index in [0.29, 0.717) is 24.9 Å². The fourth-order valence-electron chi connectivity index (χ4n) is 2.86. The summed E-state index contributed by atoms with van der Waals surface area (Å²) < 4.78 is 7.98. The van der Waals surface area contributed by atoms with Gasteiger partial charge in [-0.3, -0.25) is 0 Å². The van der Waals surface area contributed by atoms with Crippen LogP contribution in [0.4, 0.5) is 0 Å². The van der Waals surface area contributed by atoms with Crippen molar-refractivity contribution in [3.63, 3.8) is 0 Å². The molecule has 2 aromatic heterocycles. The summed E-state index contributed by atoms with van der Waals surface area (Å²) in [4.78, 5) is 4.68. The second kappa shape index (κ2) is 6.49. The number of aromatic nitrogens is 4. The maximum atomic E-state index is 5.87. The molecule has 25 heavy (non-hydrogen) atoms. The van der Waals surface area contributed by atoms with Crippen molar-refractivity contribution in [1.82, 2.24) is 25.1 Å². The number of benzene rings is 2. The van der Waals surface area contributed by atoms with Crippen LogP contribution in [0.15, 0.2) is 52.9 Å². The van der Waals surface area contributed by atoms with E-state index in [9.17, 15) is 0 Å². The molecular formula is C19H19N5O. The molecule has 4 rings (SSSR count). The Balaban J connectivity index is 1.67. The van der Waals surface area contributed by atoms with E-state index in [1.165, 1.54) is 5.56 Å². The largest absolute Gasteiger partial charge is 0.419 e. The third-order valence-corrected chi connectivity index (χ3v) is 4.13. The predicted octanol–water partition coefficient (Wildman–Crippen LogP) is 3.16. The standard InChI is InChI=1S/C19H19N5O/c1-13-7-9-14(10-8-13)19-23-22-18(25-19)12-24-16-6-4-3-5-15(16)21-17(24)11-20-2/h3-10,20H,11-12H2,1-2H3. The van der Waals surface area contributed by atoms with Crippen LogP contribution in [0.3, 0.4) is 0 Å². The van der Waals surface area contributed by atoms with Gasteiger partial charge in [0.15, 0.2) is 0 Å². The van der Waals surface area contributed by atoms with Crippen LogP contribution in [0.1, 0.15) is 17.3 Å². The molecule has 0 saturated carbocycles. The molecule has 0 spiro atoms. The molecule has 0 bridgehead atoms. The maximum Gasteiger partial charge on any atom is 0.247 e. The number of rotatable bonds is 5. The van der Waals surface area contributed by atoms with Crippen LogP contribution in [0.5, 0.6) is 0 Å². The average Bonchev–Trinajstić information content (AvgIpc) is 3.22. The highest BCUT2D eigenvalue weighted by Gasteiger charge is 2.14. The highest BCUT2D eigenvalue weighted by molar-refractivity contribution is 5.76. The van der Waals surface area contributed by atoms with Crippen molar-refractivity contribution in [2.75, 3.05) is 7.05 Å². The summed E-state index contributed by atoms with van der Waals surface area (Å²) in [5.74, 6) is 2.05. The van der Waals surface area contributed by atoms with Gasteiger partial charge in [0.2, 0.25) is 11.8 Å². The van der Waals surface area contributed by atoms with E-state index in [4.69, 9.17) is 4.42 Å². The van der Waals surface area contributed by atoms with E-state index in [1.54, 1.807) is 0 Å². The van der Waals surface area contributed by atoms with Crippen molar-refractivity contribution < 1.29 is 4.42 Å². The van der Waals surface area contributed by atoms with Gasteiger partial charge in [-0.2, -0.15) is 0 Å². The summed E-state index contributed by atoms with van der Waals surface area (Å²) in [6.07, 6.45) is 0. The van der Waals surface area contributed by atoms with Crippen LogP contribution in [-0.4, -0.2) is 26.8 Å². The van der Waals surface area contributed by atoms with E-state index >= 15 is 0 Å². The summed E-state index contributed by atoms with van der Waals surface area (Å²) >= 11 is 0. The van der Waals surface area contributed by atoms with Crippen LogP contribution in [-0.2, 0) is 13.1 Å². The number of nitrogens with one attached hydrogen (secondary N) is 1. The average molecular weight is 333 g/mol. The van der Waals surface area contributed by atoms with Crippen molar-refractivity contribution in [3.8, 4) is 11.5 Å². The summed E-state index contributed by atoms with van der Waals surface area (Å²) in [6, 6.07) is 16.1. The first-order valence-electron chi connectivity index (χ1n) is 8.23. The molecule has 0 aliphatic heterocycles. The number of hydrogen-bond donors (Lipinski definition) is 1. The van der Waals surface area contributed by atoms with E-state index in [1.807, 2.05) is 49.5 Å². The molecule has 0 radical (unpaired) electrons. The minimum absolute atomic E-state index is 0.496. The molecule has 2 heterocycles. The van der Waals surface area contributed by atoms with Gasteiger partial charge in [0.05, 0.1) is 17.6 Å². The molecule has 0 fully saturated rings. The van der Waals surface area contributed by atoms with Crippen LogP contribution in [0.25, 0.3) is 22.5 Å². The lowest BCUT2D eigenvalue weighted by atomic mass is 10.1. The third-order valence-electron chi connectivity index (χ3n) is 4.13. The molecule has 0 amide bonds. The Morgan fingerprint density at radius 3 is 2.64 bits per heavy atom. The van der Waals surface area contributed by atoms with Gasteiger partial charge in [-0.05, 0) is 38.2 Å². The summed E-state index contributed by atoms with van der Waals surface area (Å²) in [5, 5.41) is 11.6. The Morgan fingerprint density at radius 1 is 1.04 bits per heavy atom. The molecule has 0 unspecified atom stereocenters. The SMILES string of the molecule is CNCc1nc2ccccc2n1Cc1nnc(-c2ccc(C)cc2)o1. The van der Waals surface area contributed by atoms with Gasteiger partial charge < -0.3 is 14.3 Å². The minimum Gasteiger partial charge on any atom is -0.419 e.